The number of aromatic nitrogens is 3. The highest BCUT2D eigenvalue weighted by Crippen LogP contribution is 2.03. The zero-order valence-electron chi connectivity index (χ0n) is 8.12. The minimum Gasteiger partial charge on any atom is -0.390 e. The van der Waals surface area contributed by atoms with Crippen LogP contribution in [0.3, 0.4) is 0 Å². The number of aliphatic hydroxyl groups excluding tert-OH is 1. The summed E-state index contributed by atoms with van der Waals surface area (Å²) in [5.41, 5.74) is 1.61. The van der Waals surface area contributed by atoms with Gasteiger partial charge in [0.15, 0.2) is 0 Å². The van der Waals surface area contributed by atoms with E-state index in [9.17, 15) is 0 Å². The predicted octanol–water partition coefficient (Wildman–Crippen LogP) is -0.209. The Bertz CT molecular complexity index is 246. The van der Waals surface area contributed by atoms with E-state index in [0.717, 1.165) is 25.1 Å². The van der Waals surface area contributed by atoms with Crippen LogP contribution in [0.5, 0.6) is 0 Å². The maximum Gasteiger partial charge on any atom is 0.111 e. The van der Waals surface area contributed by atoms with Crippen molar-refractivity contribution in [1.82, 2.24) is 20.3 Å². The lowest BCUT2D eigenvalue weighted by Gasteiger charge is -2.07. The van der Waals surface area contributed by atoms with Gasteiger partial charge in [-0.1, -0.05) is 5.21 Å². The fourth-order valence-corrected chi connectivity index (χ4v) is 1.17. The average Bonchev–Trinajstić information content (AvgIpc) is 2.51. The second-order valence-corrected chi connectivity index (χ2v) is 3.30. The second-order valence-electron chi connectivity index (χ2n) is 3.30. The van der Waals surface area contributed by atoms with Gasteiger partial charge in [0, 0.05) is 0 Å². The van der Waals surface area contributed by atoms with Crippen molar-refractivity contribution in [3.63, 3.8) is 0 Å². The molecule has 1 rings (SSSR count). The minimum atomic E-state index is -0.0339. The molecule has 0 fully saturated rings. The van der Waals surface area contributed by atoms with Crippen molar-refractivity contribution >= 4 is 0 Å². The Hall–Kier alpha value is -0.940. The minimum absolute atomic E-state index is 0.0339. The Morgan fingerprint density at radius 2 is 2.23 bits per heavy atom. The van der Waals surface area contributed by atoms with Crippen LogP contribution in [-0.2, 0) is 13.0 Å². The molecule has 0 atom stereocenters. The Morgan fingerprint density at radius 1 is 1.46 bits per heavy atom. The molecule has 5 nitrogen and oxygen atoms in total. The van der Waals surface area contributed by atoms with Gasteiger partial charge in [0.25, 0.3) is 0 Å². The summed E-state index contributed by atoms with van der Waals surface area (Å²) in [5, 5.41) is 19.1. The van der Waals surface area contributed by atoms with Crippen LogP contribution in [0.15, 0.2) is 0 Å². The SMILES string of the molecule is CN(C)CCCc1[nH]nnc1CO. The van der Waals surface area contributed by atoms with Crippen molar-refractivity contribution < 1.29 is 5.11 Å². The summed E-state index contributed by atoms with van der Waals surface area (Å²) < 4.78 is 0. The molecular formula is C8H16N4O. The molecule has 0 bridgehead atoms. The van der Waals surface area contributed by atoms with Gasteiger partial charge in [-0.2, -0.15) is 0 Å². The molecule has 1 aromatic rings. The molecule has 0 aliphatic heterocycles. The van der Waals surface area contributed by atoms with E-state index in [1.807, 2.05) is 14.1 Å². The lowest BCUT2D eigenvalue weighted by atomic mass is 10.2. The molecular weight excluding hydrogens is 168 g/mol. The maximum absolute atomic E-state index is 8.88. The van der Waals surface area contributed by atoms with Crippen LogP contribution in [0, 0.1) is 0 Å². The standard InChI is InChI=1S/C8H16N4O/c1-12(2)5-3-4-7-8(6-13)10-11-9-7/h13H,3-6H2,1-2H3,(H,9,10,11). The van der Waals surface area contributed by atoms with Crippen LogP contribution >= 0.6 is 0 Å². The van der Waals surface area contributed by atoms with E-state index in [-0.39, 0.29) is 6.61 Å². The van der Waals surface area contributed by atoms with Gasteiger partial charge in [0.2, 0.25) is 0 Å². The number of aliphatic hydroxyl groups is 1. The van der Waals surface area contributed by atoms with E-state index in [0.29, 0.717) is 5.69 Å². The third kappa shape index (κ3) is 3.12. The number of aryl methyl sites for hydroxylation is 1. The van der Waals surface area contributed by atoms with E-state index >= 15 is 0 Å². The van der Waals surface area contributed by atoms with Crippen molar-refractivity contribution in [2.75, 3.05) is 20.6 Å². The molecule has 2 N–H and O–H groups in total. The van der Waals surface area contributed by atoms with E-state index in [2.05, 4.69) is 20.3 Å². The number of hydrogen-bond donors (Lipinski definition) is 2. The first-order chi connectivity index (χ1) is 6.24. The van der Waals surface area contributed by atoms with Crippen LogP contribution in [-0.4, -0.2) is 46.1 Å². The Balaban J connectivity index is 2.36. The fraction of sp³-hybridized carbons (Fsp3) is 0.750. The monoisotopic (exact) mass is 184 g/mol. The predicted molar refractivity (Wildman–Crippen MR) is 49.2 cm³/mol. The second kappa shape index (κ2) is 4.94. The highest BCUT2D eigenvalue weighted by molar-refractivity contribution is 5.06. The molecule has 0 spiro atoms. The van der Waals surface area contributed by atoms with E-state index in [4.69, 9.17) is 5.11 Å². The molecule has 5 heteroatoms. The highest BCUT2D eigenvalue weighted by atomic mass is 16.3. The molecule has 13 heavy (non-hydrogen) atoms. The van der Waals surface area contributed by atoms with Crippen molar-refractivity contribution in [3.05, 3.63) is 11.4 Å². The number of hydrogen-bond acceptors (Lipinski definition) is 4. The van der Waals surface area contributed by atoms with Gasteiger partial charge in [-0.25, -0.2) is 0 Å². The van der Waals surface area contributed by atoms with Gasteiger partial charge >= 0.3 is 0 Å². The fourth-order valence-electron chi connectivity index (χ4n) is 1.17. The number of rotatable bonds is 5. The third-order valence-electron chi connectivity index (χ3n) is 1.89. The Labute approximate surface area is 77.8 Å². The summed E-state index contributed by atoms with van der Waals surface area (Å²) in [7, 11) is 4.08. The topological polar surface area (TPSA) is 65.0 Å². The van der Waals surface area contributed by atoms with Crippen molar-refractivity contribution in [2.24, 2.45) is 0 Å². The largest absolute Gasteiger partial charge is 0.390 e. The summed E-state index contributed by atoms with van der Waals surface area (Å²) in [6.45, 7) is 0.998. The summed E-state index contributed by atoms with van der Waals surface area (Å²) in [6.07, 6.45) is 1.94. The van der Waals surface area contributed by atoms with Crippen LogP contribution in [0.25, 0.3) is 0 Å². The first kappa shape index (κ1) is 10.1. The Morgan fingerprint density at radius 3 is 2.85 bits per heavy atom. The maximum atomic E-state index is 8.88. The number of nitrogens with one attached hydrogen (secondary N) is 1. The molecule has 0 aromatic carbocycles. The number of aromatic amines is 1. The summed E-state index contributed by atoms with van der Waals surface area (Å²) in [6, 6.07) is 0. The van der Waals surface area contributed by atoms with E-state index in [1.54, 1.807) is 0 Å². The lowest BCUT2D eigenvalue weighted by molar-refractivity contribution is 0.275. The molecule has 0 saturated heterocycles. The first-order valence-electron chi connectivity index (χ1n) is 4.38. The van der Waals surface area contributed by atoms with Gasteiger partial charge in [0.05, 0.1) is 12.3 Å². The van der Waals surface area contributed by atoms with Crippen molar-refractivity contribution in [2.45, 2.75) is 19.4 Å². The van der Waals surface area contributed by atoms with Gasteiger partial charge in [-0.3, -0.25) is 5.10 Å². The summed E-state index contributed by atoms with van der Waals surface area (Å²) in [5.74, 6) is 0. The van der Waals surface area contributed by atoms with Crippen LogP contribution in [0.2, 0.25) is 0 Å². The van der Waals surface area contributed by atoms with Gasteiger partial charge in [-0.05, 0) is 33.5 Å². The molecule has 1 heterocycles. The number of nitrogens with zero attached hydrogens (tertiary/aromatic N) is 3. The smallest absolute Gasteiger partial charge is 0.111 e. The van der Waals surface area contributed by atoms with Crippen LogP contribution in [0.4, 0.5) is 0 Å². The van der Waals surface area contributed by atoms with Crippen LogP contribution < -0.4 is 0 Å². The molecule has 0 radical (unpaired) electrons. The van der Waals surface area contributed by atoms with E-state index < -0.39 is 0 Å². The van der Waals surface area contributed by atoms with Gasteiger partial charge < -0.3 is 10.0 Å². The summed E-state index contributed by atoms with van der Waals surface area (Å²) >= 11 is 0. The molecule has 0 unspecified atom stereocenters. The molecule has 0 amide bonds. The molecule has 1 aromatic heterocycles. The van der Waals surface area contributed by atoms with Crippen LogP contribution in [0.1, 0.15) is 17.8 Å². The Kier molecular flexibility index (Phi) is 3.85. The quantitative estimate of drug-likeness (QED) is 0.664. The normalized spacial score (nSPS) is 11.1. The van der Waals surface area contributed by atoms with E-state index in [1.165, 1.54) is 0 Å². The zero-order valence-corrected chi connectivity index (χ0v) is 8.12. The first-order valence-corrected chi connectivity index (χ1v) is 4.38. The highest BCUT2D eigenvalue weighted by Gasteiger charge is 2.04. The lowest BCUT2D eigenvalue weighted by Crippen LogP contribution is -2.13. The average molecular weight is 184 g/mol. The summed E-state index contributed by atoms with van der Waals surface area (Å²) in [4.78, 5) is 2.13. The van der Waals surface area contributed by atoms with Gasteiger partial charge in [-0.15, -0.1) is 5.10 Å². The van der Waals surface area contributed by atoms with Crippen molar-refractivity contribution in [1.29, 1.82) is 0 Å². The zero-order chi connectivity index (χ0) is 9.68. The molecule has 0 aliphatic carbocycles. The van der Waals surface area contributed by atoms with Crippen molar-refractivity contribution in [3.8, 4) is 0 Å². The van der Waals surface area contributed by atoms with Gasteiger partial charge in [0.1, 0.15) is 5.69 Å². The molecule has 0 aliphatic rings. The third-order valence-corrected chi connectivity index (χ3v) is 1.89. The molecule has 0 saturated carbocycles. The number of H-pyrrole nitrogens is 1. The molecule has 74 valence electrons.